The van der Waals surface area contributed by atoms with Crippen LogP contribution >= 0.6 is 0 Å². The maximum absolute atomic E-state index is 15.0. The lowest BCUT2D eigenvalue weighted by Crippen LogP contribution is -2.33. The van der Waals surface area contributed by atoms with Gasteiger partial charge in [0.1, 0.15) is 0 Å². The van der Waals surface area contributed by atoms with Gasteiger partial charge in [-0.2, -0.15) is 8.78 Å². The van der Waals surface area contributed by atoms with Crippen LogP contribution in [0.2, 0.25) is 0 Å². The third kappa shape index (κ3) is 6.43. The molecule has 3 aliphatic rings. The summed E-state index contributed by atoms with van der Waals surface area (Å²) in [6.07, 6.45) is 10.8. The average molecular weight is 497 g/mol. The number of halogens is 4. The average Bonchev–Trinajstić information content (AvgIpc) is 2.86. The van der Waals surface area contributed by atoms with Crippen LogP contribution in [0, 0.1) is 35.3 Å². The van der Waals surface area contributed by atoms with E-state index < -0.39 is 29.4 Å². The van der Waals surface area contributed by atoms with Gasteiger partial charge in [-0.25, -0.2) is 8.78 Å². The summed E-state index contributed by atoms with van der Waals surface area (Å²) < 4.78 is 64.9. The highest BCUT2D eigenvalue weighted by Gasteiger charge is 2.42. The highest BCUT2D eigenvalue weighted by Crippen LogP contribution is 2.44. The molecule has 1 aromatic carbocycles. The fourth-order valence-corrected chi connectivity index (χ4v) is 7.29. The number of hydrogen-bond donors (Lipinski definition) is 0. The third-order valence-electron chi connectivity index (χ3n) is 9.58. The van der Waals surface area contributed by atoms with E-state index in [2.05, 4.69) is 13.8 Å². The summed E-state index contributed by atoms with van der Waals surface area (Å²) >= 11 is 0. The Morgan fingerprint density at radius 2 is 1.31 bits per heavy atom. The molecule has 0 spiro atoms. The van der Waals surface area contributed by atoms with Gasteiger partial charge in [0.15, 0.2) is 11.6 Å². The van der Waals surface area contributed by atoms with E-state index in [9.17, 15) is 17.6 Å². The lowest BCUT2D eigenvalue weighted by molar-refractivity contribution is -0.280. The highest BCUT2D eigenvalue weighted by atomic mass is 19.3. The quantitative estimate of drug-likeness (QED) is 0.325. The largest absolute Gasteiger partial charge is 0.386 e. The van der Waals surface area contributed by atoms with Gasteiger partial charge in [0.05, 0.1) is 11.7 Å². The first-order chi connectivity index (χ1) is 16.8. The Labute approximate surface area is 209 Å². The van der Waals surface area contributed by atoms with Crippen LogP contribution in [0.3, 0.4) is 0 Å². The molecule has 0 saturated heterocycles. The molecule has 3 saturated carbocycles. The molecule has 0 radical (unpaired) electrons. The molecule has 0 aromatic heterocycles. The first-order valence-electron chi connectivity index (χ1n) is 14.4. The van der Waals surface area contributed by atoms with E-state index in [1.807, 2.05) is 0 Å². The molecule has 0 unspecified atom stereocenters. The van der Waals surface area contributed by atoms with Gasteiger partial charge in [-0.05, 0) is 105 Å². The van der Waals surface area contributed by atoms with Gasteiger partial charge in [-0.1, -0.05) is 52.0 Å². The van der Waals surface area contributed by atoms with Crippen molar-refractivity contribution in [3.63, 3.8) is 0 Å². The summed E-state index contributed by atoms with van der Waals surface area (Å²) in [7, 11) is 0. The second-order valence-electron chi connectivity index (χ2n) is 11.7. The van der Waals surface area contributed by atoms with E-state index in [1.54, 1.807) is 0 Å². The number of rotatable bonds is 8. The van der Waals surface area contributed by atoms with Crippen LogP contribution in [0.25, 0.3) is 0 Å². The molecule has 0 amide bonds. The predicted molar refractivity (Wildman–Crippen MR) is 132 cm³/mol. The molecule has 35 heavy (non-hydrogen) atoms. The summed E-state index contributed by atoms with van der Waals surface area (Å²) in [5.41, 5.74) is -0.719. The smallest absolute Gasteiger partial charge is 0.313 e. The van der Waals surface area contributed by atoms with Crippen molar-refractivity contribution in [1.82, 2.24) is 0 Å². The van der Waals surface area contributed by atoms with E-state index in [0.717, 1.165) is 56.9 Å². The number of ether oxygens (including phenoxy) is 1. The SMILES string of the molecule is CCCC1CCC(C2CCC(OC(F)(F)c3ccc(C4CCC(CC)CC4)c(F)c3F)CC2)CC1. The lowest BCUT2D eigenvalue weighted by Gasteiger charge is -2.38. The van der Waals surface area contributed by atoms with Crippen molar-refractivity contribution in [3.8, 4) is 0 Å². The number of alkyl halides is 2. The van der Waals surface area contributed by atoms with Crippen LogP contribution in [0.15, 0.2) is 12.1 Å². The van der Waals surface area contributed by atoms with E-state index in [4.69, 9.17) is 4.74 Å². The van der Waals surface area contributed by atoms with Crippen LogP contribution in [0.1, 0.15) is 127 Å². The standard InChI is InChI=1S/C30H44F4O/c1-3-5-21-8-10-22(11-9-21)23-14-16-25(17-15-23)35-30(33,34)27-19-18-26(28(31)29(27)32)24-12-6-20(4-2)7-13-24/h18-25H,3-17H2,1-2H3. The second-order valence-corrected chi connectivity index (χ2v) is 11.7. The normalized spacial score (nSPS) is 32.5. The first kappa shape index (κ1) is 26.9. The Bertz CT molecular complexity index is 801. The molecule has 198 valence electrons. The minimum atomic E-state index is -3.82. The molecule has 5 heteroatoms. The molecule has 3 fully saturated rings. The van der Waals surface area contributed by atoms with Crippen LogP contribution < -0.4 is 0 Å². The van der Waals surface area contributed by atoms with Gasteiger partial charge < -0.3 is 4.74 Å². The third-order valence-corrected chi connectivity index (χ3v) is 9.58. The van der Waals surface area contributed by atoms with Gasteiger partial charge in [0, 0.05) is 0 Å². The van der Waals surface area contributed by atoms with Gasteiger partial charge in [-0.3, -0.25) is 0 Å². The van der Waals surface area contributed by atoms with Gasteiger partial charge in [0.2, 0.25) is 0 Å². The Morgan fingerprint density at radius 3 is 1.89 bits per heavy atom. The van der Waals surface area contributed by atoms with Gasteiger partial charge >= 0.3 is 6.11 Å². The zero-order valence-corrected chi connectivity index (χ0v) is 21.6. The zero-order valence-electron chi connectivity index (χ0n) is 21.6. The molecule has 1 aromatic rings. The Balaban J connectivity index is 1.32. The van der Waals surface area contributed by atoms with Crippen LogP contribution in [-0.4, -0.2) is 6.10 Å². The van der Waals surface area contributed by atoms with Crippen molar-refractivity contribution in [1.29, 1.82) is 0 Å². The maximum Gasteiger partial charge on any atom is 0.386 e. The monoisotopic (exact) mass is 496 g/mol. The number of benzene rings is 1. The van der Waals surface area contributed by atoms with Crippen LogP contribution in [0.5, 0.6) is 0 Å². The Hall–Kier alpha value is -1.10. The van der Waals surface area contributed by atoms with Gasteiger partial charge in [-0.15, -0.1) is 0 Å². The lowest BCUT2D eigenvalue weighted by atomic mass is 9.70. The topological polar surface area (TPSA) is 9.23 Å². The summed E-state index contributed by atoms with van der Waals surface area (Å²) in [6.45, 7) is 4.39. The van der Waals surface area contributed by atoms with Crippen molar-refractivity contribution in [3.05, 3.63) is 34.9 Å². The van der Waals surface area contributed by atoms with E-state index in [0.29, 0.717) is 30.6 Å². The second kappa shape index (κ2) is 12.0. The Morgan fingerprint density at radius 1 is 0.743 bits per heavy atom. The van der Waals surface area contributed by atoms with E-state index >= 15 is 0 Å². The Kier molecular flexibility index (Phi) is 9.21. The molecule has 0 aliphatic heterocycles. The fraction of sp³-hybridized carbons (Fsp3) is 0.800. The molecule has 0 heterocycles. The minimum absolute atomic E-state index is 0.0943. The predicted octanol–water partition coefficient (Wildman–Crippen LogP) is 9.88. The molecule has 1 nitrogen and oxygen atoms in total. The molecule has 0 bridgehead atoms. The van der Waals surface area contributed by atoms with Gasteiger partial charge in [0.25, 0.3) is 0 Å². The molecular formula is C30H44F4O. The number of hydrogen-bond acceptors (Lipinski definition) is 1. The zero-order chi connectivity index (χ0) is 25.0. The van der Waals surface area contributed by atoms with E-state index in [-0.39, 0.29) is 11.5 Å². The van der Waals surface area contributed by atoms with E-state index in [1.165, 1.54) is 44.6 Å². The van der Waals surface area contributed by atoms with Crippen molar-refractivity contribution in [2.45, 2.75) is 128 Å². The highest BCUT2D eigenvalue weighted by molar-refractivity contribution is 5.31. The first-order valence-corrected chi connectivity index (χ1v) is 14.4. The fourth-order valence-electron chi connectivity index (χ4n) is 7.29. The molecular weight excluding hydrogens is 452 g/mol. The van der Waals surface area contributed by atoms with Crippen molar-refractivity contribution in [2.75, 3.05) is 0 Å². The van der Waals surface area contributed by atoms with Crippen molar-refractivity contribution >= 4 is 0 Å². The summed E-state index contributed by atoms with van der Waals surface area (Å²) in [5, 5.41) is 0. The summed E-state index contributed by atoms with van der Waals surface area (Å²) in [5.74, 6) is 0.127. The summed E-state index contributed by atoms with van der Waals surface area (Å²) in [4.78, 5) is 0. The van der Waals surface area contributed by atoms with Crippen LogP contribution in [0.4, 0.5) is 17.6 Å². The van der Waals surface area contributed by atoms with Crippen molar-refractivity contribution < 1.29 is 22.3 Å². The summed E-state index contributed by atoms with van der Waals surface area (Å²) in [6, 6.07) is 2.42. The minimum Gasteiger partial charge on any atom is -0.313 e. The van der Waals surface area contributed by atoms with Crippen molar-refractivity contribution in [2.24, 2.45) is 23.7 Å². The maximum atomic E-state index is 15.0. The molecule has 0 N–H and O–H groups in total. The van der Waals surface area contributed by atoms with Crippen LogP contribution in [-0.2, 0) is 10.8 Å². The molecule has 0 atom stereocenters. The molecule has 4 rings (SSSR count). The molecule has 3 aliphatic carbocycles.